The summed E-state index contributed by atoms with van der Waals surface area (Å²) in [6.07, 6.45) is 0.216. The Labute approximate surface area is 117 Å². The van der Waals surface area contributed by atoms with Crippen molar-refractivity contribution in [3.63, 3.8) is 0 Å². The van der Waals surface area contributed by atoms with Crippen molar-refractivity contribution in [1.29, 1.82) is 0 Å². The number of aliphatic carboxylic acids is 1. The minimum Gasteiger partial charge on any atom is -0.481 e. The van der Waals surface area contributed by atoms with Gasteiger partial charge < -0.3 is 10.1 Å². The highest BCUT2D eigenvalue weighted by Gasteiger charge is 2.17. The number of aromatic amines is 1. The largest absolute Gasteiger partial charge is 0.481 e. The first-order valence-electron chi connectivity index (χ1n) is 6.66. The first-order chi connectivity index (χ1) is 9.29. The summed E-state index contributed by atoms with van der Waals surface area (Å²) in [5, 5.41) is 9.66. The molecule has 0 radical (unpaired) electrons. The molecule has 1 heterocycles. The smallest absolute Gasteiger partial charge is 0.303 e. The molecule has 2 N–H and O–H groups in total. The van der Waals surface area contributed by atoms with Gasteiger partial charge in [-0.05, 0) is 28.9 Å². The molecular weight excluding hydrogens is 254 g/mol. The van der Waals surface area contributed by atoms with E-state index in [0.717, 1.165) is 16.5 Å². The van der Waals surface area contributed by atoms with Gasteiger partial charge in [0.25, 0.3) is 5.56 Å². The Morgan fingerprint density at radius 2 is 2.00 bits per heavy atom. The van der Waals surface area contributed by atoms with Crippen LogP contribution in [0.2, 0.25) is 0 Å². The molecule has 20 heavy (non-hydrogen) atoms. The molecule has 0 saturated heterocycles. The Morgan fingerprint density at radius 1 is 1.30 bits per heavy atom. The fourth-order valence-corrected chi connectivity index (χ4v) is 2.33. The maximum Gasteiger partial charge on any atom is 0.303 e. The van der Waals surface area contributed by atoms with Crippen LogP contribution in [0.25, 0.3) is 10.9 Å². The van der Waals surface area contributed by atoms with E-state index in [9.17, 15) is 9.59 Å². The van der Waals surface area contributed by atoms with Crippen molar-refractivity contribution in [2.24, 2.45) is 0 Å². The van der Waals surface area contributed by atoms with Gasteiger partial charge in [-0.25, -0.2) is 0 Å². The summed E-state index contributed by atoms with van der Waals surface area (Å²) >= 11 is 0. The van der Waals surface area contributed by atoms with E-state index in [4.69, 9.17) is 5.11 Å². The second-order valence-electron chi connectivity index (χ2n) is 6.04. The Morgan fingerprint density at radius 3 is 2.60 bits per heavy atom. The minimum atomic E-state index is -0.895. The van der Waals surface area contributed by atoms with Crippen LogP contribution in [0.15, 0.2) is 29.1 Å². The van der Waals surface area contributed by atoms with Gasteiger partial charge in [-0.3, -0.25) is 9.59 Å². The molecule has 0 aliphatic carbocycles. The molecule has 0 atom stereocenters. The topological polar surface area (TPSA) is 70.2 Å². The molecule has 0 fully saturated rings. The van der Waals surface area contributed by atoms with Crippen LogP contribution in [0, 0.1) is 0 Å². The summed E-state index contributed by atoms with van der Waals surface area (Å²) in [5.74, 6) is -0.895. The summed E-state index contributed by atoms with van der Waals surface area (Å²) < 4.78 is 0. The number of pyridine rings is 1. The van der Waals surface area contributed by atoms with E-state index in [0.29, 0.717) is 5.56 Å². The quantitative estimate of drug-likeness (QED) is 0.903. The number of nitrogens with one attached hydrogen (secondary N) is 1. The third-order valence-electron chi connectivity index (χ3n) is 3.37. The lowest BCUT2D eigenvalue weighted by atomic mass is 9.85. The van der Waals surface area contributed by atoms with Gasteiger partial charge >= 0.3 is 5.97 Å². The van der Waals surface area contributed by atoms with Gasteiger partial charge in [-0.2, -0.15) is 0 Å². The second-order valence-corrected chi connectivity index (χ2v) is 6.04. The maximum absolute atomic E-state index is 12.1. The van der Waals surface area contributed by atoms with Crippen molar-refractivity contribution < 1.29 is 9.90 Å². The Kier molecular flexibility index (Phi) is 3.66. The molecule has 0 aliphatic rings. The summed E-state index contributed by atoms with van der Waals surface area (Å²) in [5.41, 5.74) is 2.17. The molecule has 106 valence electrons. The van der Waals surface area contributed by atoms with Crippen LogP contribution in [-0.2, 0) is 16.6 Å². The van der Waals surface area contributed by atoms with Gasteiger partial charge in [0.1, 0.15) is 0 Å². The van der Waals surface area contributed by atoms with E-state index < -0.39 is 5.97 Å². The lowest BCUT2D eigenvalue weighted by Crippen LogP contribution is -2.17. The predicted octanol–water partition coefficient (Wildman–Crippen LogP) is 2.84. The molecule has 0 aliphatic heterocycles. The molecule has 4 nitrogen and oxygen atoms in total. The van der Waals surface area contributed by atoms with Crippen LogP contribution in [0.5, 0.6) is 0 Å². The van der Waals surface area contributed by atoms with Gasteiger partial charge in [-0.1, -0.05) is 39.0 Å². The number of carboxylic acid groups (broad SMARTS) is 1. The zero-order chi connectivity index (χ0) is 14.9. The number of fused-ring (bicyclic) bond motifs is 1. The third-order valence-corrected chi connectivity index (χ3v) is 3.37. The van der Waals surface area contributed by atoms with E-state index in [1.807, 2.05) is 18.2 Å². The predicted molar refractivity (Wildman–Crippen MR) is 79.2 cm³/mol. The first-order valence-corrected chi connectivity index (χ1v) is 6.66. The van der Waals surface area contributed by atoms with Crippen LogP contribution in [0.3, 0.4) is 0 Å². The number of hydrogen-bond donors (Lipinski definition) is 2. The molecule has 0 spiro atoms. The minimum absolute atomic E-state index is 0.0342. The van der Waals surface area contributed by atoms with Gasteiger partial charge in [0.2, 0.25) is 0 Å². The highest BCUT2D eigenvalue weighted by Crippen LogP contribution is 2.28. The molecule has 0 amide bonds. The van der Waals surface area contributed by atoms with Crippen LogP contribution in [-0.4, -0.2) is 16.1 Å². The first kappa shape index (κ1) is 14.3. The molecule has 0 unspecified atom stereocenters. The lowest BCUT2D eigenvalue weighted by molar-refractivity contribution is -0.136. The van der Waals surface area contributed by atoms with E-state index in [1.165, 1.54) is 0 Å². The zero-order valence-corrected chi connectivity index (χ0v) is 12.0. The molecule has 0 saturated carbocycles. The monoisotopic (exact) mass is 273 g/mol. The second kappa shape index (κ2) is 5.12. The number of benzene rings is 1. The summed E-state index contributed by atoms with van der Waals surface area (Å²) in [7, 11) is 0. The molecule has 2 rings (SSSR count). The number of hydrogen-bond acceptors (Lipinski definition) is 2. The average molecular weight is 273 g/mol. The standard InChI is InChI=1S/C16H19NO3/c1-16(2,3)12-6-4-5-10-9-11(7-8-13(18)19)15(20)17-14(10)12/h4-6,9H,7-8H2,1-3H3,(H,17,20)(H,18,19). The number of rotatable bonds is 3. The molecule has 0 bridgehead atoms. The van der Waals surface area contributed by atoms with Crippen molar-refractivity contribution in [3.8, 4) is 0 Å². The molecule has 1 aromatic heterocycles. The number of aromatic nitrogens is 1. The van der Waals surface area contributed by atoms with Gasteiger partial charge in [0.05, 0.1) is 5.52 Å². The van der Waals surface area contributed by atoms with Crippen LogP contribution in [0.1, 0.15) is 38.3 Å². The van der Waals surface area contributed by atoms with E-state index >= 15 is 0 Å². The van der Waals surface area contributed by atoms with Gasteiger partial charge in [0, 0.05) is 12.0 Å². The number of para-hydroxylation sites is 1. The normalized spacial score (nSPS) is 11.8. The SMILES string of the molecule is CC(C)(C)c1cccc2cc(CCC(=O)O)c(=O)[nH]c12. The van der Waals surface area contributed by atoms with Crippen molar-refractivity contribution in [2.75, 3.05) is 0 Å². The van der Waals surface area contributed by atoms with Crippen molar-refractivity contribution in [1.82, 2.24) is 4.98 Å². The third kappa shape index (κ3) is 2.90. The van der Waals surface area contributed by atoms with E-state index in [1.54, 1.807) is 6.07 Å². The fourth-order valence-electron chi connectivity index (χ4n) is 2.33. The number of H-pyrrole nitrogens is 1. The Hall–Kier alpha value is -2.10. The maximum atomic E-state index is 12.1. The molecular formula is C16H19NO3. The zero-order valence-electron chi connectivity index (χ0n) is 12.0. The molecule has 4 heteroatoms. The molecule has 2 aromatic rings. The lowest BCUT2D eigenvalue weighted by Gasteiger charge is -2.21. The molecule has 1 aromatic carbocycles. The number of carboxylic acids is 1. The van der Waals surface area contributed by atoms with Gasteiger partial charge in [-0.15, -0.1) is 0 Å². The average Bonchev–Trinajstić information content (AvgIpc) is 2.34. The Bertz CT molecular complexity index is 708. The fraction of sp³-hybridized carbons (Fsp3) is 0.375. The van der Waals surface area contributed by atoms with Gasteiger partial charge in [0.15, 0.2) is 0 Å². The van der Waals surface area contributed by atoms with Crippen molar-refractivity contribution in [3.05, 3.63) is 45.7 Å². The number of aryl methyl sites for hydroxylation is 1. The summed E-state index contributed by atoms with van der Waals surface area (Å²) in [4.78, 5) is 25.6. The Balaban J connectivity index is 2.57. The number of carbonyl (C=O) groups is 1. The summed E-state index contributed by atoms with van der Waals surface area (Å²) in [6, 6.07) is 7.70. The highest BCUT2D eigenvalue weighted by atomic mass is 16.4. The van der Waals surface area contributed by atoms with Crippen molar-refractivity contribution >= 4 is 16.9 Å². The van der Waals surface area contributed by atoms with Crippen LogP contribution in [0.4, 0.5) is 0 Å². The van der Waals surface area contributed by atoms with E-state index in [2.05, 4.69) is 25.8 Å². The van der Waals surface area contributed by atoms with Crippen LogP contribution < -0.4 is 5.56 Å². The summed E-state index contributed by atoms with van der Waals surface area (Å²) in [6.45, 7) is 6.29. The van der Waals surface area contributed by atoms with Crippen LogP contribution >= 0.6 is 0 Å². The van der Waals surface area contributed by atoms with E-state index in [-0.39, 0.29) is 23.8 Å². The highest BCUT2D eigenvalue weighted by molar-refractivity contribution is 5.83. The van der Waals surface area contributed by atoms with Crippen molar-refractivity contribution in [2.45, 2.75) is 39.0 Å².